The van der Waals surface area contributed by atoms with Crippen molar-refractivity contribution in [2.24, 2.45) is 4.99 Å². The van der Waals surface area contributed by atoms with E-state index in [0.29, 0.717) is 25.7 Å². The van der Waals surface area contributed by atoms with E-state index in [-0.39, 0.29) is 36.4 Å². The SMILES string of the molecule is COc1ccc(OCCN(C)C(=NCC(=O)N(C)C)NCCc2ccco2)cc1.I. The highest BCUT2D eigenvalue weighted by molar-refractivity contribution is 14.0. The number of methoxy groups -OCH3 is 1. The number of ether oxygens (including phenoxy) is 2. The van der Waals surface area contributed by atoms with Crippen molar-refractivity contribution >= 4 is 35.8 Å². The number of nitrogens with one attached hydrogen (secondary N) is 1. The summed E-state index contributed by atoms with van der Waals surface area (Å²) in [7, 11) is 6.98. The van der Waals surface area contributed by atoms with Gasteiger partial charge >= 0.3 is 0 Å². The molecule has 1 aromatic carbocycles. The number of hydrogen-bond acceptors (Lipinski definition) is 5. The topological polar surface area (TPSA) is 79.5 Å². The van der Waals surface area contributed by atoms with Gasteiger partial charge in [-0.3, -0.25) is 4.79 Å². The van der Waals surface area contributed by atoms with E-state index in [1.54, 1.807) is 27.5 Å². The van der Waals surface area contributed by atoms with Crippen molar-refractivity contribution in [3.63, 3.8) is 0 Å². The predicted molar refractivity (Wildman–Crippen MR) is 128 cm³/mol. The number of benzene rings is 1. The average molecular weight is 530 g/mol. The molecule has 1 aromatic heterocycles. The largest absolute Gasteiger partial charge is 0.497 e. The van der Waals surface area contributed by atoms with Crippen LogP contribution < -0.4 is 14.8 Å². The molecule has 30 heavy (non-hydrogen) atoms. The summed E-state index contributed by atoms with van der Waals surface area (Å²) in [4.78, 5) is 19.8. The molecule has 0 saturated heterocycles. The van der Waals surface area contributed by atoms with Gasteiger partial charge in [-0.05, 0) is 36.4 Å². The first-order valence-electron chi connectivity index (χ1n) is 9.48. The number of guanidine groups is 1. The Morgan fingerprint density at radius 2 is 1.83 bits per heavy atom. The zero-order valence-corrected chi connectivity index (χ0v) is 20.3. The van der Waals surface area contributed by atoms with E-state index in [4.69, 9.17) is 13.9 Å². The fourth-order valence-electron chi connectivity index (χ4n) is 2.43. The lowest BCUT2D eigenvalue weighted by Gasteiger charge is -2.23. The first kappa shape index (κ1) is 25.6. The second-order valence-electron chi connectivity index (χ2n) is 6.63. The van der Waals surface area contributed by atoms with Gasteiger partial charge in [0.15, 0.2) is 5.96 Å². The highest BCUT2D eigenvalue weighted by Crippen LogP contribution is 2.16. The molecule has 0 atom stereocenters. The molecule has 2 aromatic rings. The van der Waals surface area contributed by atoms with E-state index in [0.717, 1.165) is 23.7 Å². The molecule has 0 fully saturated rings. The van der Waals surface area contributed by atoms with Crippen LogP contribution in [0.25, 0.3) is 0 Å². The molecule has 0 unspecified atom stereocenters. The van der Waals surface area contributed by atoms with Gasteiger partial charge in [-0.15, -0.1) is 24.0 Å². The fourth-order valence-corrected chi connectivity index (χ4v) is 2.43. The maximum Gasteiger partial charge on any atom is 0.243 e. The van der Waals surface area contributed by atoms with Crippen LogP contribution in [0.2, 0.25) is 0 Å². The molecule has 9 heteroatoms. The van der Waals surface area contributed by atoms with Crippen molar-refractivity contribution < 1.29 is 18.7 Å². The maximum atomic E-state index is 11.9. The lowest BCUT2D eigenvalue weighted by Crippen LogP contribution is -2.42. The van der Waals surface area contributed by atoms with Gasteiger partial charge in [-0.1, -0.05) is 0 Å². The summed E-state index contributed by atoms with van der Waals surface area (Å²) in [6, 6.07) is 11.2. The molecule has 1 heterocycles. The van der Waals surface area contributed by atoms with Gasteiger partial charge in [-0.2, -0.15) is 0 Å². The number of aliphatic imine (C=N–C) groups is 1. The van der Waals surface area contributed by atoms with Gasteiger partial charge in [0.05, 0.1) is 19.9 Å². The van der Waals surface area contributed by atoms with E-state index in [1.165, 1.54) is 4.90 Å². The van der Waals surface area contributed by atoms with Crippen LogP contribution in [0.5, 0.6) is 11.5 Å². The molecular formula is C21H31IN4O4. The van der Waals surface area contributed by atoms with Gasteiger partial charge in [0.2, 0.25) is 5.91 Å². The number of halogens is 1. The van der Waals surface area contributed by atoms with Crippen molar-refractivity contribution in [3.05, 3.63) is 48.4 Å². The summed E-state index contributed by atoms with van der Waals surface area (Å²) in [6.07, 6.45) is 2.38. The Kier molecular flexibility index (Phi) is 11.7. The minimum absolute atomic E-state index is 0. The molecule has 166 valence electrons. The summed E-state index contributed by atoms with van der Waals surface area (Å²) in [6.45, 7) is 1.81. The molecular weight excluding hydrogens is 499 g/mol. The van der Waals surface area contributed by atoms with Crippen LogP contribution >= 0.6 is 24.0 Å². The van der Waals surface area contributed by atoms with Crippen molar-refractivity contribution in [3.8, 4) is 11.5 Å². The second-order valence-corrected chi connectivity index (χ2v) is 6.63. The number of carbonyl (C=O) groups excluding carboxylic acids is 1. The van der Waals surface area contributed by atoms with E-state index in [9.17, 15) is 4.79 Å². The molecule has 0 aliphatic rings. The molecule has 0 radical (unpaired) electrons. The van der Waals surface area contributed by atoms with Crippen LogP contribution in [0, 0.1) is 0 Å². The Labute approximate surface area is 195 Å². The Morgan fingerprint density at radius 3 is 2.43 bits per heavy atom. The summed E-state index contributed by atoms with van der Waals surface area (Å²) in [5, 5.41) is 3.29. The van der Waals surface area contributed by atoms with Crippen LogP contribution in [-0.2, 0) is 11.2 Å². The van der Waals surface area contributed by atoms with Gasteiger partial charge in [0.25, 0.3) is 0 Å². The number of furan rings is 1. The summed E-state index contributed by atoms with van der Waals surface area (Å²) >= 11 is 0. The standard InChI is InChI=1S/C21H30N4O4.HI/c1-24(2)20(26)16-23-21(22-12-11-18-6-5-14-28-18)25(3)13-15-29-19-9-7-17(27-4)8-10-19;/h5-10,14H,11-13,15-16H2,1-4H3,(H,22,23);1H. The van der Waals surface area contributed by atoms with E-state index >= 15 is 0 Å². The quantitative estimate of drug-likeness (QED) is 0.289. The molecule has 2 rings (SSSR count). The molecule has 0 spiro atoms. The van der Waals surface area contributed by atoms with Gasteiger partial charge in [-0.25, -0.2) is 4.99 Å². The van der Waals surface area contributed by atoms with Gasteiger partial charge in [0, 0.05) is 34.1 Å². The number of amides is 1. The number of nitrogens with zero attached hydrogens (tertiary/aromatic N) is 3. The maximum absolute atomic E-state index is 11.9. The van der Waals surface area contributed by atoms with E-state index in [1.807, 2.05) is 48.3 Å². The first-order valence-corrected chi connectivity index (χ1v) is 9.48. The molecule has 1 amide bonds. The molecule has 0 aliphatic heterocycles. The summed E-state index contributed by atoms with van der Waals surface area (Å²) in [5.74, 6) is 3.04. The Hall–Kier alpha value is -2.43. The van der Waals surface area contributed by atoms with Crippen LogP contribution in [-0.4, -0.2) is 76.2 Å². The van der Waals surface area contributed by atoms with Crippen LogP contribution in [0.3, 0.4) is 0 Å². The predicted octanol–water partition coefficient (Wildman–Crippen LogP) is 2.49. The van der Waals surface area contributed by atoms with Crippen molar-refractivity contribution in [1.82, 2.24) is 15.1 Å². The number of rotatable bonds is 10. The average Bonchev–Trinajstić information content (AvgIpc) is 3.24. The highest BCUT2D eigenvalue weighted by Gasteiger charge is 2.10. The van der Waals surface area contributed by atoms with Crippen LogP contribution in [0.15, 0.2) is 52.1 Å². The number of carbonyl (C=O) groups is 1. The molecule has 1 N–H and O–H groups in total. The second kappa shape index (κ2) is 13.7. The van der Waals surface area contributed by atoms with E-state index < -0.39 is 0 Å². The van der Waals surface area contributed by atoms with Crippen LogP contribution in [0.4, 0.5) is 0 Å². The van der Waals surface area contributed by atoms with Crippen LogP contribution in [0.1, 0.15) is 5.76 Å². The van der Waals surface area contributed by atoms with Crippen molar-refractivity contribution in [2.75, 3.05) is 54.5 Å². The summed E-state index contributed by atoms with van der Waals surface area (Å²) in [5.41, 5.74) is 0. The Bertz CT molecular complexity index is 764. The minimum Gasteiger partial charge on any atom is -0.497 e. The molecule has 0 saturated carbocycles. The highest BCUT2D eigenvalue weighted by atomic mass is 127. The monoisotopic (exact) mass is 530 g/mol. The third-order valence-electron chi connectivity index (χ3n) is 4.21. The van der Waals surface area contributed by atoms with Crippen molar-refractivity contribution in [1.29, 1.82) is 0 Å². The number of hydrogen-bond donors (Lipinski definition) is 1. The normalized spacial score (nSPS) is 10.7. The van der Waals surface area contributed by atoms with E-state index in [2.05, 4.69) is 10.3 Å². The van der Waals surface area contributed by atoms with Gasteiger partial charge in [0.1, 0.15) is 30.4 Å². The third kappa shape index (κ3) is 8.93. The lowest BCUT2D eigenvalue weighted by molar-refractivity contribution is -0.127. The molecule has 8 nitrogen and oxygen atoms in total. The Morgan fingerprint density at radius 1 is 1.13 bits per heavy atom. The third-order valence-corrected chi connectivity index (χ3v) is 4.21. The van der Waals surface area contributed by atoms with Gasteiger partial charge < -0.3 is 29.0 Å². The zero-order valence-electron chi connectivity index (χ0n) is 18.0. The smallest absolute Gasteiger partial charge is 0.243 e. The summed E-state index contributed by atoms with van der Waals surface area (Å²) < 4.78 is 16.3. The molecule has 0 bridgehead atoms. The van der Waals surface area contributed by atoms with Crippen molar-refractivity contribution in [2.45, 2.75) is 6.42 Å². The lowest BCUT2D eigenvalue weighted by atomic mass is 10.3. The Balaban J connectivity index is 0.00000450. The molecule has 0 aliphatic carbocycles. The fraction of sp³-hybridized carbons (Fsp3) is 0.429. The zero-order chi connectivity index (χ0) is 21.1. The first-order chi connectivity index (χ1) is 14.0. The number of likely N-dealkylation sites (N-methyl/N-ethyl adjacent to an activating group) is 2. The minimum atomic E-state index is -0.0572.